The largest absolute Gasteiger partial charge is 0.473 e. The summed E-state index contributed by atoms with van der Waals surface area (Å²) < 4.78 is 5.84. The van der Waals surface area contributed by atoms with Crippen molar-refractivity contribution in [3.63, 3.8) is 0 Å². The molecule has 4 aromatic rings. The van der Waals surface area contributed by atoms with E-state index in [2.05, 4.69) is 47.2 Å². The number of aryl methyl sites for hydroxylation is 1. The molecule has 0 unspecified atom stereocenters. The van der Waals surface area contributed by atoms with Crippen molar-refractivity contribution < 1.29 is 4.74 Å². The van der Waals surface area contributed by atoms with Crippen LogP contribution in [0.4, 0.5) is 5.95 Å². The number of hydrogen-bond donors (Lipinski definition) is 1. The fourth-order valence-corrected chi connectivity index (χ4v) is 2.94. The minimum atomic E-state index is 0.193. The van der Waals surface area contributed by atoms with E-state index in [1.807, 2.05) is 24.3 Å². The van der Waals surface area contributed by atoms with Gasteiger partial charge in [0.15, 0.2) is 0 Å². The molecule has 0 fully saturated rings. The van der Waals surface area contributed by atoms with Crippen LogP contribution in [0.1, 0.15) is 11.1 Å². The fourth-order valence-electron chi connectivity index (χ4n) is 2.94. The van der Waals surface area contributed by atoms with Gasteiger partial charge in [-0.05, 0) is 18.6 Å². The lowest BCUT2D eigenvalue weighted by Crippen LogP contribution is -2.03. The minimum absolute atomic E-state index is 0.193. The quantitative estimate of drug-likeness (QED) is 0.603. The molecule has 5 nitrogen and oxygen atoms in total. The van der Waals surface area contributed by atoms with E-state index in [9.17, 15) is 0 Å². The number of ether oxygens (including phenoxy) is 1. The number of anilines is 1. The van der Waals surface area contributed by atoms with Gasteiger partial charge in [0.05, 0.1) is 11.2 Å². The van der Waals surface area contributed by atoms with Crippen molar-refractivity contribution >= 4 is 16.9 Å². The van der Waals surface area contributed by atoms with Gasteiger partial charge in [-0.25, -0.2) is 9.97 Å². The summed E-state index contributed by atoms with van der Waals surface area (Å²) in [6, 6.07) is 20.1. The number of benzene rings is 2. The van der Waals surface area contributed by atoms with Gasteiger partial charge in [0.1, 0.15) is 6.61 Å². The van der Waals surface area contributed by atoms with E-state index in [1.54, 1.807) is 12.3 Å². The number of fused-ring (bicyclic) bond motifs is 1. The summed E-state index contributed by atoms with van der Waals surface area (Å²) >= 11 is 0. The number of aromatic nitrogens is 3. The summed E-state index contributed by atoms with van der Waals surface area (Å²) in [4.78, 5) is 12.9. The van der Waals surface area contributed by atoms with Gasteiger partial charge >= 0.3 is 0 Å². The Labute approximate surface area is 151 Å². The smallest absolute Gasteiger partial charge is 0.223 e. The molecule has 0 aliphatic rings. The first-order valence-corrected chi connectivity index (χ1v) is 8.37. The van der Waals surface area contributed by atoms with Crippen LogP contribution in [0.3, 0.4) is 0 Å². The highest BCUT2D eigenvalue weighted by molar-refractivity contribution is 5.85. The Morgan fingerprint density at radius 1 is 0.962 bits per heavy atom. The first kappa shape index (κ1) is 16.0. The zero-order valence-electron chi connectivity index (χ0n) is 14.4. The minimum Gasteiger partial charge on any atom is -0.473 e. The summed E-state index contributed by atoms with van der Waals surface area (Å²) in [5.41, 5.74) is 10.7. The monoisotopic (exact) mass is 342 g/mol. The zero-order valence-corrected chi connectivity index (χ0v) is 14.4. The van der Waals surface area contributed by atoms with E-state index < -0.39 is 0 Å². The van der Waals surface area contributed by atoms with E-state index in [4.69, 9.17) is 15.5 Å². The van der Waals surface area contributed by atoms with Gasteiger partial charge in [-0.1, -0.05) is 48.5 Å². The van der Waals surface area contributed by atoms with Crippen molar-refractivity contribution in [1.82, 2.24) is 15.0 Å². The predicted octanol–water partition coefficient (Wildman–Crippen LogP) is 4.16. The van der Waals surface area contributed by atoms with Crippen LogP contribution in [-0.2, 0) is 6.61 Å². The Bertz CT molecular complexity index is 1060. The van der Waals surface area contributed by atoms with E-state index in [0.717, 1.165) is 33.3 Å². The molecule has 2 aromatic carbocycles. The van der Waals surface area contributed by atoms with Crippen LogP contribution >= 0.6 is 0 Å². The second-order valence-corrected chi connectivity index (χ2v) is 6.05. The van der Waals surface area contributed by atoms with Crippen molar-refractivity contribution in [2.45, 2.75) is 13.5 Å². The number of pyridine rings is 1. The van der Waals surface area contributed by atoms with Gasteiger partial charge in [-0.15, -0.1) is 0 Å². The molecule has 2 N–H and O–H groups in total. The number of para-hydroxylation sites is 1. The van der Waals surface area contributed by atoms with E-state index in [-0.39, 0.29) is 5.95 Å². The second kappa shape index (κ2) is 6.80. The van der Waals surface area contributed by atoms with Gasteiger partial charge < -0.3 is 10.5 Å². The SMILES string of the molecule is Cc1cccc2cc(COc3ccnc(N)n3)c(-c3ccccc3)nc12. The summed E-state index contributed by atoms with van der Waals surface area (Å²) in [5.74, 6) is 0.638. The summed E-state index contributed by atoms with van der Waals surface area (Å²) in [5, 5.41) is 1.09. The molecule has 0 saturated heterocycles. The lowest BCUT2D eigenvalue weighted by atomic mass is 10.0. The molecule has 5 heteroatoms. The molecule has 128 valence electrons. The van der Waals surface area contributed by atoms with Crippen LogP contribution in [0.15, 0.2) is 66.9 Å². The average Bonchev–Trinajstić information content (AvgIpc) is 2.67. The third-order valence-electron chi connectivity index (χ3n) is 4.20. The number of nitrogens with two attached hydrogens (primary N) is 1. The van der Waals surface area contributed by atoms with Gasteiger partial charge in [-0.2, -0.15) is 4.98 Å². The number of nitrogens with zero attached hydrogens (tertiary/aromatic N) is 3. The summed E-state index contributed by atoms with van der Waals surface area (Å²) in [7, 11) is 0. The number of hydrogen-bond acceptors (Lipinski definition) is 5. The van der Waals surface area contributed by atoms with Crippen molar-refractivity contribution in [1.29, 1.82) is 0 Å². The molecule has 0 bridgehead atoms. The summed E-state index contributed by atoms with van der Waals surface area (Å²) in [6.07, 6.45) is 1.58. The maximum Gasteiger partial charge on any atom is 0.223 e. The molecular formula is C21H18N4O. The highest BCUT2D eigenvalue weighted by atomic mass is 16.5. The van der Waals surface area contributed by atoms with E-state index >= 15 is 0 Å². The Balaban J connectivity index is 1.78. The fraction of sp³-hybridized carbons (Fsp3) is 0.0952. The molecule has 0 aliphatic carbocycles. The molecule has 2 heterocycles. The number of nitrogen functional groups attached to an aromatic ring is 1. The molecular weight excluding hydrogens is 324 g/mol. The van der Waals surface area contributed by atoms with Crippen molar-refractivity contribution in [2.24, 2.45) is 0 Å². The van der Waals surface area contributed by atoms with E-state index in [1.165, 1.54) is 0 Å². The Kier molecular flexibility index (Phi) is 4.19. The van der Waals surface area contributed by atoms with Gasteiger partial charge in [-0.3, -0.25) is 0 Å². The Hall–Kier alpha value is -3.47. The first-order valence-electron chi connectivity index (χ1n) is 8.37. The third kappa shape index (κ3) is 3.19. The first-order chi connectivity index (χ1) is 12.7. The maximum atomic E-state index is 5.84. The molecule has 0 atom stereocenters. The van der Waals surface area contributed by atoms with Gasteiger partial charge in [0.2, 0.25) is 11.8 Å². The van der Waals surface area contributed by atoms with Crippen LogP contribution in [-0.4, -0.2) is 15.0 Å². The van der Waals surface area contributed by atoms with Crippen molar-refractivity contribution in [3.05, 3.63) is 78.0 Å². The van der Waals surface area contributed by atoms with Crippen LogP contribution in [0.5, 0.6) is 5.88 Å². The predicted molar refractivity (Wildman–Crippen MR) is 103 cm³/mol. The van der Waals surface area contributed by atoms with Crippen molar-refractivity contribution in [2.75, 3.05) is 5.73 Å². The molecule has 0 aliphatic heterocycles. The highest BCUT2D eigenvalue weighted by Gasteiger charge is 2.11. The topological polar surface area (TPSA) is 73.9 Å². The van der Waals surface area contributed by atoms with Crippen LogP contribution in [0.2, 0.25) is 0 Å². The summed E-state index contributed by atoms with van der Waals surface area (Å²) in [6.45, 7) is 2.42. The molecule has 0 amide bonds. The van der Waals surface area contributed by atoms with E-state index in [0.29, 0.717) is 12.5 Å². The van der Waals surface area contributed by atoms with Crippen molar-refractivity contribution in [3.8, 4) is 17.1 Å². The molecule has 2 aromatic heterocycles. The lowest BCUT2D eigenvalue weighted by Gasteiger charge is -2.13. The van der Waals surface area contributed by atoms with Crippen LogP contribution < -0.4 is 10.5 Å². The average molecular weight is 342 g/mol. The Morgan fingerprint density at radius 2 is 1.81 bits per heavy atom. The third-order valence-corrected chi connectivity index (χ3v) is 4.20. The normalized spacial score (nSPS) is 10.8. The zero-order chi connectivity index (χ0) is 17.9. The van der Waals surface area contributed by atoms with Crippen LogP contribution in [0.25, 0.3) is 22.2 Å². The molecule has 0 radical (unpaired) electrons. The highest BCUT2D eigenvalue weighted by Crippen LogP contribution is 2.28. The van der Waals surface area contributed by atoms with Gasteiger partial charge in [0.25, 0.3) is 0 Å². The second-order valence-electron chi connectivity index (χ2n) is 6.05. The van der Waals surface area contributed by atoms with Crippen LogP contribution in [0, 0.1) is 6.92 Å². The molecule has 4 rings (SSSR count). The molecule has 0 spiro atoms. The Morgan fingerprint density at radius 3 is 2.62 bits per heavy atom. The molecule has 0 saturated carbocycles. The van der Waals surface area contributed by atoms with Gasteiger partial charge in [0, 0.05) is 28.8 Å². The maximum absolute atomic E-state index is 5.84. The lowest BCUT2D eigenvalue weighted by molar-refractivity contribution is 0.294. The number of rotatable bonds is 4. The molecule has 26 heavy (non-hydrogen) atoms. The standard InChI is InChI=1S/C21H18N4O/c1-14-6-5-9-16-12-17(13-26-18-10-11-23-21(22)24-18)20(25-19(14)16)15-7-3-2-4-8-15/h2-12H,13H2,1H3,(H2,22,23,24).